The molecule has 0 spiro atoms. The molecule has 19 heavy (non-hydrogen) atoms. The molecule has 2 aromatic heterocycles. The standard InChI is InChI=1S/C5H5N.C5H12O2.C4H3S.Ir/c1-2-4-6-5-3-1;1-4(6)3-5(2)7;1-2-4-5-3-1;/h1-5H;4-7H,3H2,1-2H3;1,3-4H;/q;;-1;. The number of aliphatic hydroxyl groups is 2. The molecule has 0 aliphatic rings. The van der Waals surface area contributed by atoms with Crippen LogP contribution in [0.1, 0.15) is 20.3 Å². The van der Waals surface area contributed by atoms with Crippen molar-refractivity contribution >= 4 is 11.3 Å². The van der Waals surface area contributed by atoms with E-state index in [2.05, 4.69) is 11.1 Å². The number of pyridine rings is 1. The molecule has 1 radical (unpaired) electrons. The third kappa shape index (κ3) is 19.9. The van der Waals surface area contributed by atoms with Crippen LogP contribution < -0.4 is 0 Å². The Morgan fingerprint density at radius 3 is 1.79 bits per heavy atom. The maximum Gasteiger partial charge on any atom is 0.0536 e. The average molecular weight is 459 g/mol. The fourth-order valence-corrected chi connectivity index (χ4v) is 1.40. The summed E-state index contributed by atoms with van der Waals surface area (Å²) in [6, 6.07) is 10.5. The molecule has 0 fully saturated rings. The van der Waals surface area contributed by atoms with E-state index >= 15 is 0 Å². The van der Waals surface area contributed by atoms with Gasteiger partial charge in [0.1, 0.15) is 0 Å². The Labute approximate surface area is 132 Å². The molecule has 0 bridgehead atoms. The topological polar surface area (TPSA) is 53.4 Å². The van der Waals surface area contributed by atoms with Crippen molar-refractivity contribution in [1.82, 2.24) is 4.98 Å². The molecule has 2 atom stereocenters. The third-order valence-electron chi connectivity index (χ3n) is 1.63. The van der Waals surface area contributed by atoms with Crippen molar-refractivity contribution < 1.29 is 30.3 Å². The molecule has 5 heteroatoms. The smallest absolute Gasteiger partial charge is 0.0536 e. The zero-order chi connectivity index (χ0) is 13.6. The van der Waals surface area contributed by atoms with E-state index in [0.717, 1.165) is 0 Å². The second kappa shape index (κ2) is 15.5. The monoisotopic (exact) mass is 459 g/mol. The van der Waals surface area contributed by atoms with Gasteiger partial charge in [0.05, 0.1) is 12.2 Å². The van der Waals surface area contributed by atoms with E-state index < -0.39 is 0 Å². The van der Waals surface area contributed by atoms with Gasteiger partial charge in [-0.1, -0.05) is 6.07 Å². The van der Waals surface area contributed by atoms with Crippen molar-refractivity contribution in [3.05, 3.63) is 53.5 Å². The number of thiophene rings is 1. The van der Waals surface area contributed by atoms with E-state index in [0.29, 0.717) is 6.42 Å². The van der Waals surface area contributed by atoms with Gasteiger partial charge in [0.25, 0.3) is 0 Å². The predicted octanol–water partition coefficient (Wildman–Crippen LogP) is 2.77. The first-order valence-corrected chi connectivity index (χ1v) is 6.66. The van der Waals surface area contributed by atoms with E-state index in [1.807, 2.05) is 35.0 Å². The minimum absolute atomic E-state index is 0. The van der Waals surface area contributed by atoms with Crippen molar-refractivity contribution in [2.75, 3.05) is 0 Å². The molecule has 109 valence electrons. The summed E-state index contributed by atoms with van der Waals surface area (Å²) in [5.74, 6) is 0. The second-order valence-corrected chi connectivity index (χ2v) is 4.46. The van der Waals surface area contributed by atoms with E-state index in [-0.39, 0.29) is 32.3 Å². The molecule has 0 aliphatic carbocycles. The summed E-state index contributed by atoms with van der Waals surface area (Å²) in [5, 5.41) is 21.0. The van der Waals surface area contributed by atoms with Gasteiger partial charge in [0, 0.05) is 32.5 Å². The van der Waals surface area contributed by atoms with Gasteiger partial charge in [-0.25, -0.2) is 12.1 Å². The first kappa shape index (κ1) is 20.7. The zero-order valence-corrected chi connectivity index (χ0v) is 14.3. The van der Waals surface area contributed by atoms with E-state index in [4.69, 9.17) is 10.2 Å². The van der Waals surface area contributed by atoms with Crippen LogP contribution >= 0.6 is 11.3 Å². The third-order valence-corrected chi connectivity index (χ3v) is 2.19. The van der Waals surface area contributed by atoms with Crippen LogP contribution in [0, 0.1) is 6.07 Å². The molecule has 0 aromatic carbocycles. The maximum absolute atomic E-state index is 8.56. The molecule has 2 unspecified atom stereocenters. The maximum atomic E-state index is 8.56. The van der Waals surface area contributed by atoms with E-state index in [9.17, 15) is 0 Å². The first-order valence-electron chi connectivity index (χ1n) is 5.72. The number of nitrogens with zero attached hydrogens (tertiary/aromatic N) is 1. The van der Waals surface area contributed by atoms with Gasteiger partial charge in [-0.05, 0) is 32.4 Å². The Hall–Kier alpha value is -0.581. The van der Waals surface area contributed by atoms with Gasteiger partial charge < -0.3 is 10.2 Å². The van der Waals surface area contributed by atoms with Gasteiger partial charge in [-0.3, -0.25) is 16.3 Å². The second-order valence-electron chi connectivity index (χ2n) is 3.68. The number of aromatic nitrogens is 1. The summed E-state index contributed by atoms with van der Waals surface area (Å²) in [6.07, 6.45) is 3.22. The molecule has 0 saturated heterocycles. The van der Waals surface area contributed by atoms with Crippen molar-refractivity contribution in [3.8, 4) is 0 Å². The Morgan fingerprint density at radius 2 is 1.68 bits per heavy atom. The summed E-state index contributed by atoms with van der Waals surface area (Å²) in [4.78, 5) is 3.78. The molecule has 2 N–H and O–H groups in total. The van der Waals surface area contributed by atoms with Gasteiger partial charge >= 0.3 is 0 Å². The van der Waals surface area contributed by atoms with Gasteiger partial charge in [-0.2, -0.15) is 5.38 Å². The Balaban J connectivity index is 0. The quantitative estimate of drug-likeness (QED) is 0.681. The summed E-state index contributed by atoms with van der Waals surface area (Å²) in [5.41, 5.74) is 0. The Bertz CT molecular complexity index is 292. The van der Waals surface area contributed by atoms with Gasteiger partial charge in [0.2, 0.25) is 0 Å². The van der Waals surface area contributed by atoms with Gasteiger partial charge in [0.15, 0.2) is 0 Å². The Morgan fingerprint density at radius 1 is 1.11 bits per heavy atom. The molecule has 0 saturated carbocycles. The van der Waals surface area contributed by atoms with Crippen LogP contribution in [-0.4, -0.2) is 27.4 Å². The van der Waals surface area contributed by atoms with Crippen LogP contribution in [0.4, 0.5) is 0 Å². The molecular formula is C14H20IrNO2S-. The summed E-state index contributed by atoms with van der Waals surface area (Å²) in [7, 11) is 0. The first-order chi connectivity index (χ1) is 8.63. The van der Waals surface area contributed by atoms with Crippen molar-refractivity contribution in [3.63, 3.8) is 0 Å². The SMILES string of the molecule is CC(O)CC(C)O.[Ir].[c-]1ccsc1.c1ccncc1. The fraction of sp³-hybridized carbons (Fsp3) is 0.357. The number of hydrogen-bond donors (Lipinski definition) is 2. The molecule has 2 rings (SSSR count). The minimum Gasteiger partial charge on any atom is -0.393 e. The number of aliphatic hydroxyl groups excluding tert-OH is 2. The summed E-state index contributed by atoms with van der Waals surface area (Å²) < 4.78 is 0. The molecule has 3 nitrogen and oxygen atoms in total. The largest absolute Gasteiger partial charge is 0.393 e. The van der Waals surface area contributed by atoms with E-state index in [1.54, 1.807) is 37.6 Å². The van der Waals surface area contributed by atoms with E-state index in [1.165, 1.54) is 0 Å². The van der Waals surface area contributed by atoms with Crippen LogP contribution in [0.25, 0.3) is 0 Å². The van der Waals surface area contributed by atoms with Crippen LogP contribution in [0.2, 0.25) is 0 Å². The minimum atomic E-state index is -0.375. The zero-order valence-electron chi connectivity index (χ0n) is 11.1. The molecular weight excluding hydrogens is 438 g/mol. The predicted molar refractivity (Wildman–Crippen MR) is 75.4 cm³/mol. The average Bonchev–Trinajstić information content (AvgIpc) is 2.89. The summed E-state index contributed by atoms with van der Waals surface area (Å²) >= 11 is 1.66. The van der Waals surface area contributed by atoms with Gasteiger partial charge in [-0.15, -0.1) is 5.38 Å². The van der Waals surface area contributed by atoms with Crippen LogP contribution in [0.3, 0.4) is 0 Å². The summed E-state index contributed by atoms with van der Waals surface area (Å²) in [6.45, 7) is 3.32. The van der Waals surface area contributed by atoms with Crippen molar-refractivity contribution in [1.29, 1.82) is 0 Å². The normalized spacial score (nSPS) is 11.6. The fourth-order valence-electron chi connectivity index (χ4n) is 1.00. The van der Waals surface area contributed by atoms with Crippen LogP contribution in [0.15, 0.2) is 47.4 Å². The van der Waals surface area contributed by atoms with Crippen LogP contribution in [-0.2, 0) is 20.1 Å². The Kier molecular flexibility index (Phi) is 16.9. The van der Waals surface area contributed by atoms with Crippen molar-refractivity contribution in [2.24, 2.45) is 0 Å². The molecule has 2 heterocycles. The number of hydrogen-bond acceptors (Lipinski definition) is 4. The molecule has 2 aromatic rings. The molecule has 0 aliphatic heterocycles. The van der Waals surface area contributed by atoms with Crippen molar-refractivity contribution in [2.45, 2.75) is 32.5 Å². The molecule has 0 amide bonds. The van der Waals surface area contributed by atoms with Crippen LogP contribution in [0.5, 0.6) is 0 Å². The number of rotatable bonds is 2.